The van der Waals surface area contributed by atoms with Gasteiger partial charge in [0.15, 0.2) is 11.9 Å². The quantitative estimate of drug-likeness (QED) is 0.552. The SMILES string of the molecule is Cc1cc(C)cc(NC(=O)Cc2ccc(OC(C(=O)C3CCCC3)[C@@H](N)C(=O)O)cc2)c1. The van der Waals surface area contributed by atoms with Crippen LogP contribution in [-0.4, -0.2) is 34.9 Å². The van der Waals surface area contributed by atoms with Crippen molar-refractivity contribution in [1.29, 1.82) is 0 Å². The van der Waals surface area contributed by atoms with Gasteiger partial charge >= 0.3 is 5.97 Å². The Bertz CT molecular complexity index is 960. The van der Waals surface area contributed by atoms with E-state index in [4.69, 9.17) is 10.5 Å². The van der Waals surface area contributed by atoms with Crippen LogP contribution in [0.5, 0.6) is 5.75 Å². The first-order chi connectivity index (χ1) is 15.2. The van der Waals surface area contributed by atoms with Gasteiger partial charge in [0.2, 0.25) is 5.91 Å². The van der Waals surface area contributed by atoms with Gasteiger partial charge < -0.3 is 20.9 Å². The van der Waals surface area contributed by atoms with Gasteiger partial charge in [-0.2, -0.15) is 0 Å². The molecule has 0 bridgehead atoms. The van der Waals surface area contributed by atoms with Crippen molar-refractivity contribution in [3.05, 3.63) is 59.2 Å². The second-order valence-corrected chi connectivity index (χ2v) is 8.53. The first-order valence-electron chi connectivity index (χ1n) is 10.9. The van der Waals surface area contributed by atoms with Gasteiger partial charge in [0.1, 0.15) is 11.8 Å². The van der Waals surface area contributed by atoms with Gasteiger partial charge in [0.25, 0.3) is 0 Å². The van der Waals surface area contributed by atoms with E-state index in [1.165, 1.54) is 0 Å². The Kier molecular flexibility index (Phi) is 7.64. The molecule has 0 aromatic heterocycles. The molecule has 0 aliphatic heterocycles. The number of nitrogens with one attached hydrogen (secondary N) is 1. The Hall–Kier alpha value is -3.19. The van der Waals surface area contributed by atoms with Gasteiger partial charge in [0.05, 0.1) is 6.42 Å². The summed E-state index contributed by atoms with van der Waals surface area (Å²) in [4.78, 5) is 36.6. The molecular formula is C25H30N2O5. The average molecular weight is 439 g/mol. The van der Waals surface area contributed by atoms with Gasteiger partial charge in [-0.1, -0.05) is 31.0 Å². The average Bonchev–Trinajstić information content (AvgIpc) is 3.26. The van der Waals surface area contributed by atoms with Crippen LogP contribution >= 0.6 is 0 Å². The van der Waals surface area contributed by atoms with Crippen molar-refractivity contribution in [2.75, 3.05) is 5.32 Å². The van der Waals surface area contributed by atoms with Gasteiger partial charge in [-0.25, -0.2) is 0 Å². The van der Waals surface area contributed by atoms with E-state index in [-0.39, 0.29) is 24.0 Å². The van der Waals surface area contributed by atoms with Crippen LogP contribution in [0.1, 0.15) is 42.4 Å². The molecule has 7 nitrogen and oxygen atoms in total. The number of benzene rings is 2. The van der Waals surface area contributed by atoms with E-state index in [0.29, 0.717) is 5.75 Å². The van der Waals surface area contributed by atoms with E-state index in [1.807, 2.05) is 32.0 Å². The van der Waals surface area contributed by atoms with Gasteiger partial charge in [-0.15, -0.1) is 0 Å². The molecule has 1 amide bonds. The predicted octanol–water partition coefficient (Wildman–Crippen LogP) is 3.40. The minimum Gasteiger partial charge on any atom is -0.480 e. The Labute approximate surface area is 188 Å². The topological polar surface area (TPSA) is 119 Å². The van der Waals surface area contributed by atoms with Crippen LogP contribution in [0.25, 0.3) is 0 Å². The molecular weight excluding hydrogens is 408 g/mol. The lowest BCUT2D eigenvalue weighted by Gasteiger charge is -2.24. The second kappa shape index (κ2) is 10.4. The Balaban J connectivity index is 1.64. The van der Waals surface area contributed by atoms with Crippen LogP contribution in [-0.2, 0) is 20.8 Å². The fraction of sp³-hybridized carbons (Fsp3) is 0.400. The molecule has 0 saturated heterocycles. The highest BCUT2D eigenvalue weighted by atomic mass is 16.5. The van der Waals surface area contributed by atoms with E-state index < -0.39 is 18.1 Å². The summed E-state index contributed by atoms with van der Waals surface area (Å²) in [5, 5.41) is 12.2. The van der Waals surface area contributed by atoms with Crippen LogP contribution < -0.4 is 15.8 Å². The lowest BCUT2D eigenvalue weighted by Crippen LogP contribution is -2.51. The largest absolute Gasteiger partial charge is 0.480 e. The van der Waals surface area contributed by atoms with Crippen LogP contribution in [0.2, 0.25) is 0 Å². The molecule has 2 aromatic carbocycles. The standard InChI is InChI=1S/C25H30N2O5/c1-15-11-16(2)13-19(12-15)27-21(28)14-17-7-9-20(10-8-17)32-24(22(26)25(30)31)23(29)18-5-3-4-6-18/h7-13,18,22,24H,3-6,14,26H2,1-2H3,(H,27,28)(H,30,31)/t22-,24?/m1/s1. The molecule has 1 saturated carbocycles. The molecule has 1 fully saturated rings. The molecule has 1 unspecified atom stereocenters. The number of aliphatic carboxylic acids is 1. The summed E-state index contributed by atoms with van der Waals surface area (Å²) in [5.41, 5.74) is 9.43. The number of ketones is 1. The molecule has 0 spiro atoms. The molecule has 3 rings (SSSR count). The number of ether oxygens (including phenoxy) is 1. The van der Waals surface area contributed by atoms with E-state index >= 15 is 0 Å². The van der Waals surface area contributed by atoms with Crippen molar-refractivity contribution < 1.29 is 24.2 Å². The van der Waals surface area contributed by atoms with Gasteiger partial charge in [-0.05, 0) is 67.6 Å². The van der Waals surface area contributed by atoms with Crippen LogP contribution in [0.3, 0.4) is 0 Å². The first-order valence-corrected chi connectivity index (χ1v) is 10.9. The summed E-state index contributed by atoms with van der Waals surface area (Å²) in [5.74, 6) is -1.55. The molecule has 2 atom stereocenters. The first kappa shape index (κ1) is 23.5. The second-order valence-electron chi connectivity index (χ2n) is 8.53. The minimum absolute atomic E-state index is 0.147. The normalized spacial score (nSPS) is 15.7. The summed E-state index contributed by atoms with van der Waals surface area (Å²) in [6.45, 7) is 3.95. The van der Waals surface area contributed by atoms with E-state index in [9.17, 15) is 19.5 Å². The summed E-state index contributed by atoms with van der Waals surface area (Å²) in [6.07, 6.45) is 2.30. The molecule has 7 heteroatoms. The zero-order valence-corrected chi connectivity index (χ0v) is 18.5. The summed E-state index contributed by atoms with van der Waals surface area (Å²) >= 11 is 0. The zero-order chi connectivity index (χ0) is 23.3. The molecule has 2 aromatic rings. The maximum atomic E-state index is 12.8. The molecule has 1 aliphatic carbocycles. The number of anilines is 1. The molecule has 1 aliphatic rings. The van der Waals surface area contributed by atoms with E-state index in [0.717, 1.165) is 48.1 Å². The zero-order valence-electron chi connectivity index (χ0n) is 18.5. The molecule has 0 radical (unpaired) electrons. The Morgan fingerprint density at radius 1 is 1.06 bits per heavy atom. The number of rotatable bonds is 9. The number of carbonyl (C=O) groups excluding carboxylic acids is 2. The van der Waals surface area contributed by atoms with Crippen LogP contribution in [0.4, 0.5) is 5.69 Å². The highest BCUT2D eigenvalue weighted by Crippen LogP contribution is 2.28. The van der Waals surface area contributed by atoms with Crippen molar-refractivity contribution in [3.8, 4) is 5.75 Å². The maximum absolute atomic E-state index is 12.8. The number of hydrogen-bond acceptors (Lipinski definition) is 5. The van der Waals surface area contributed by atoms with Gasteiger partial charge in [0, 0.05) is 11.6 Å². The third kappa shape index (κ3) is 6.17. The lowest BCUT2D eigenvalue weighted by molar-refractivity contribution is -0.145. The van der Waals surface area contributed by atoms with Crippen molar-refractivity contribution in [2.24, 2.45) is 11.7 Å². The number of carbonyl (C=O) groups is 3. The van der Waals surface area contributed by atoms with Crippen molar-refractivity contribution in [1.82, 2.24) is 0 Å². The number of hydrogen-bond donors (Lipinski definition) is 3. The molecule has 0 heterocycles. The number of aryl methyl sites for hydroxylation is 2. The van der Waals surface area contributed by atoms with Crippen molar-refractivity contribution in [3.63, 3.8) is 0 Å². The number of Topliss-reactive ketones (excluding diaryl/α,β-unsaturated/α-hetero) is 1. The third-order valence-corrected chi connectivity index (χ3v) is 5.71. The van der Waals surface area contributed by atoms with E-state index in [1.54, 1.807) is 24.3 Å². The maximum Gasteiger partial charge on any atom is 0.324 e. The van der Waals surface area contributed by atoms with Crippen molar-refractivity contribution >= 4 is 23.3 Å². The fourth-order valence-corrected chi connectivity index (χ4v) is 4.15. The highest BCUT2D eigenvalue weighted by molar-refractivity contribution is 5.93. The third-order valence-electron chi connectivity index (χ3n) is 5.71. The summed E-state index contributed by atoms with van der Waals surface area (Å²) < 4.78 is 5.74. The van der Waals surface area contributed by atoms with E-state index in [2.05, 4.69) is 5.32 Å². The number of amides is 1. The number of nitrogens with two attached hydrogens (primary N) is 1. The predicted molar refractivity (Wildman–Crippen MR) is 122 cm³/mol. The number of carboxylic acids is 1. The van der Waals surface area contributed by atoms with Crippen LogP contribution in [0.15, 0.2) is 42.5 Å². The summed E-state index contributed by atoms with van der Waals surface area (Å²) in [6, 6.07) is 11.1. The fourth-order valence-electron chi connectivity index (χ4n) is 4.15. The van der Waals surface area contributed by atoms with Gasteiger partial charge in [-0.3, -0.25) is 14.4 Å². The Morgan fingerprint density at radius 3 is 2.22 bits per heavy atom. The van der Waals surface area contributed by atoms with Crippen LogP contribution in [0, 0.1) is 19.8 Å². The highest BCUT2D eigenvalue weighted by Gasteiger charge is 2.37. The lowest BCUT2D eigenvalue weighted by atomic mass is 9.94. The molecule has 170 valence electrons. The number of carboxylic acid groups (broad SMARTS) is 1. The Morgan fingerprint density at radius 2 is 1.66 bits per heavy atom. The van der Waals surface area contributed by atoms with Crippen molar-refractivity contribution in [2.45, 2.75) is 58.1 Å². The molecule has 32 heavy (non-hydrogen) atoms. The smallest absolute Gasteiger partial charge is 0.324 e. The molecule has 4 N–H and O–H groups in total. The monoisotopic (exact) mass is 438 g/mol. The summed E-state index contributed by atoms with van der Waals surface area (Å²) in [7, 11) is 0. The minimum atomic E-state index is -1.44.